The van der Waals surface area contributed by atoms with Crippen LogP contribution in [0, 0.1) is 0 Å². The van der Waals surface area contributed by atoms with E-state index in [1.807, 2.05) is 42.5 Å². The third kappa shape index (κ3) is 2.03. The van der Waals surface area contributed by atoms with Crippen LogP contribution in [0.3, 0.4) is 0 Å². The first-order valence-electron chi connectivity index (χ1n) is 7.99. The second-order valence-electron chi connectivity index (χ2n) is 6.22. The van der Waals surface area contributed by atoms with Gasteiger partial charge in [0, 0.05) is 26.4 Å². The summed E-state index contributed by atoms with van der Waals surface area (Å²) in [6.07, 6.45) is 0. The summed E-state index contributed by atoms with van der Waals surface area (Å²) >= 11 is 13.0. The molecule has 5 aromatic carbocycles. The van der Waals surface area contributed by atoms with Crippen LogP contribution in [0.5, 0.6) is 5.75 Å². The molecule has 0 heterocycles. The third-order valence-electron chi connectivity index (χ3n) is 4.87. The number of phenols is 1. The van der Waals surface area contributed by atoms with Crippen molar-refractivity contribution in [3.8, 4) is 16.9 Å². The van der Waals surface area contributed by atoms with Crippen molar-refractivity contribution < 1.29 is 5.11 Å². The first-order valence-corrected chi connectivity index (χ1v) is 8.74. The van der Waals surface area contributed by atoms with Gasteiger partial charge in [0.15, 0.2) is 0 Å². The molecule has 0 unspecified atom stereocenters. The number of hydrogen-bond donors (Lipinski definition) is 1. The summed E-state index contributed by atoms with van der Waals surface area (Å²) in [5.74, 6) is 0.250. The topological polar surface area (TPSA) is 20.2 Å². The molecule has 0 saturated heterocycles. The van der Waals surface area contributed by atoms with Crippen LogP contribution in [-0.4, -0.2) is 5.11 Å². The van der Waals surface area contributed by atoms with Crippen LogP contribution in [0.4, 0.5) is 0 Å². The molecule has 0 bridgehead atoms. The molecule has 0 aliphatic heterocycles. The van der Waals surface area contributed by atoms with Gasteiger partial charge in [0.2, 0.25) is 0 Å². The van der Waals surface area contributed by atoms with Crippen molar-refractivity contribution in [2.24, 2.45) is 0 Å². The Labute approximate surface area is 154 Å². The highest BCUT2D eigenvalue weighted by Crippen LogP contribution is 2.45. The van der Waals surface area contributed by atoms with E-state index in [4.69, 9.17) is 23.2 Å². The third-order valence-corrected chi connectivity index (χ3v) is 5.53. The monoisotopic (exact) mass is 362 g/mol. The first-order chi connectivity index (χ1) is 12.1. The van der Waals surface area contributed by atoms with Crippen molar-refractivity contribution in [3.63, 3.8) is 0 Å². The summed E-state index contributed by atoms with van der Waals surface area (Å²) in [5, 5.41) is 18.1. The van der Waals surface area contributed by atoms with E-state index in [0.29, 0.717) is 10.0 Å². The largest absolute Gasteiger partial charge is 0.507 e. The van der Waals surface area contributed by atoms with Gasteiger partial charge < -0.3 is 5.11 Å². The number of aromatic hydroxyl groups is 1. The summed E-state index contributed by atoms with van der Waals surface area (Å²) in [6.45, 7) is 0. The highest BCUT2D eigenvalue weighted by molar-refractivity contribution is 6.42. The van der Waals surface area contributed by atoms with Gasteiger partial charge in [-0.2, -0.15) is 0 Å². The maximum Gasteiger partial charge on any atom is 0.123 e. The molecule has 3 heteroatoms. The van der Waals surface area contributed by atoms with Gasteiger partial charge in [-0.3, -0.25) is 0 Å². The highest BCUT2D eigenvalue weighted by Gasteiger charge is 2.17. The molecule has 0 aliphatic carbocycles. The summed E-state index contributed by atoms with van der Waals surface area (Å²) in [4.78, 5) is 0. The molecule has 5 aromatic rings. The molecule has 0 fully saturated rings. The first kappa shape index (κ1) is 14.8. The van der Waals surface area contributed by atoms with E-state index in [1.165, 1.54) is 0 Å². The van der Waals surface area contributed by atoms with E-state index in [2.05, 4.69) is 18.2 Å². The molecular formula is C22H12Cl2O. The average Bonchev–Trinajstić information content (AvgIpc) is 2.63. The standard InChI is InChI=1S/C22H12Cl2O/c23-18-10-8-14-16(13-3-1-2-4-20(13)25)11-17-19(24)9-6-12-5-7-15(18)22(14)21(12)17/h1-11,25H. The van der Waals surface area contributed by atoms with E-state index >= 15 is 0 Å². The molecule has 0 spiro atoms. The van der Waals surface area contributed by atoms with Gasteiger partial charge in [0.05, 0.1) is 0 Å². The Hall–Kier alpha value is -2.48. The van der Waals surface area contributed by atoms with Gasteiger partial charge in [-0.05, 0) is 51.4 Å². The zero-order chi connectivity index (χ0) is 17.1. The van der Waals surface area contributed by atoms with Crippen LogP contribution in [0.25, 0.3) is 43.4 Å². The maximum atomic E-state index is 10.4. The SMILES string of the molecule is Oc1ccccc1-c1cc2c(Cl)ccc3ccc4c(Cl)ccc1c4c32. The molecule has 5 rings (SSSR count). The minimum Gasteiger partial charge on any atom is -0.507 e. The van der Waals surface area contributed by atoms with Crippen molar-refractivity contribution in [2.75, 3.05) is 0 Å². The van der Waals surface area contributed by atoms with Gasteiger partial charge in [0.1, 0.15) is 5.75 Å². The van der Waals surface area contributed by atoms with Crippen LogP contribution in [-0.2, 0) is 0 Å². The lowest BCUT2D eigenvalue weighted by Gasteiger charge is -2.17. The van der Waals surface area contributed by atoms with Gasteiger partial charge in [-0.1, -0.05) is 65.7 Å². The number of benzene rings is 5. The molecule has 0 amide bonds. The van der Waals surface area contributed by atoms with Crippen molar-refractivity contribution in [3.05, 3.63) is 76.8 Å². The molecule has 1 N–H and O–H groups in total. The molecule has 1 nitrogen and oxygen atoms in total. The van der Waals surface area contributed by atoms with Crippen molar-refractivity contribution in [1.29, 1.82) is 0 Å². The van der Waals surface area contributed by atoms with E-state index in [-0.39, 0.29) is 5.75 Å². The summed E-state index contributed by atoms with van der Waals surface area (Å²) in [7, 11) is 0. The Kier molecular flexibility index (Phi) is 3.12. The lowest BCUT2D eigenvalue weighted by atomic mass is 9.88. The predicted molar refractivity (Wildman–Crippen MR) is 107 cm³/mol. The number of hydrogen-bond acceptors (Lipinski definition) is 1. The number of para-hydroxylation sites is 1. The lowest BCUT2D eigenvalue weighted by molar-refractivity contribution is 0.477. The molecule has 0 radical (unpaired) electrons. The van der Waals surface area contributed by atoms with Gasteiger partial charge in [-0.25, -0.2) is 0 Å². The van der Waals surface area contributed by atoms with Crippen molar-refractivity contribution >= 4 is 55.5 Å². The van der Waals surface area contributed by atoms with Crippen molar-refractivity contribution in [1.82, 2.24) is 0 Å². The quantitative estimate of drug-likeness (QED) is 0.311. The van der Waals surface area contributed by atoms with Gasteiger partial charge >= 0.3 is 0 Å². The Morgan fingerprint density at radius 2 is 1.28 bits per heavy atom. The molecule has 25 heavy (non-hydrogen) atoms. The van der Waals surface area contributed by atoms with Gasteiger partial charge in [0.25, 0.3) is 0 Å². The van der Waals surface area contributed by atoms with E-state index in [1.54, 1.807) is 6.07 Å². The fraction of sp³-hybridized carbons (Fsp3) is 0. The van der Waals surface area contributed by atoms with Crippen LogP contribution in [0.15, 0.2) is 66.7 Å². The minimum atomic E-state index is 0.250. The fourth-order valence-corrected chi connectivity index (χ4v) is 4.17. The maximum absolute atomic E-state index is 10.4. The predicted octanol–water partition coefficient (Wildman–Crippen LogP) is 7.26. The smallest absolute Gasteiger partial charge is 0.123 e. The zero-order valence-corrected chi connectivity index (χ0v) is 14.6. The number of rotatable bonds is 1. The van der Waals surface area contributed by atoms with Crippen LogP contribution in [0.1, 0.15) is 0 Å². The Morgan fingerprint density at radius 3 is 2.12 bits per heavy atom. The molecule has 0 aromatic heterocycles. The van der Waals surface area contributed by atoms with Crippen LogP contribution in [0.2, 0.25) is 10.0 Å². The van der Waals surface area contributed by atoms with E-state index in [9.17, 15) is 5.11 Å². The Morgan fingerprint density at radius 1 is 0.600 bits per heavy atom. The Bertz CT molecular complexity index is 1270. The summed E-state index contributed by atoms with van der Waals surface area (Å²) in [5.41, 5.74) is 1.74. The summed E-state index contributed by atoms with van der Waals surface area (Å²) in [6, 6.07) is 21.4. The second kappa shape index (κ2) is 5.26. The number of phenolic OH excluding ortho intramolecular Hbond substituents is 1. The normalized spacial score (nSPS) is 11.8. The minimum absolute atomic E-state index is 0.250. The van der Waals surface area contributed by atoms with E-state index < -0.39 is 0 Å². The van der Waals surface area contributed by atoms with Crippen molar-refractivity contribution in [2.45, 2.75) is 0 Å². The molecular weight excluding hydrogens is 351 g/mol. The number of halogens is 2. The van der Waals surface area contributed by atoms with Gasteiger partial charge in [-0.15, -0.1) is 0 Å². The second-order valence-corrected chi connectivity index (χ2v) is 7.03. The summed E-state index contributed by atoms with van der Waals surface area (Å²) < 4.78 is 0. The lowest BCUT2D eigenvalue weighted by Crippen LogP contribution is -1.89. The fourth-order valence-electron chi connectivity index (χ4n) is 3.74. The highest BCUT2D eigenvalue weighted by atomic mass is 35.5. The molecule has 0 aliphatic rings. The van der Waals surface area contributed by atoms with Crippen LogP contribution < -0.4 is 0 Å². The molecule has 120 valence electrons. The average molecular weight is 363 g/mol. The molecule has 0 atom stereocenters. The molecule has 0 saturated carbocycles. The van der Waals surface area contributed by atoms with Crippen LogP contribution >= 0.6 is 23.2 Å². The zero-order valence-electron chi connectivity index (χ0n) is 13.1. The Balaban J connectivity index is 2.10. The van der Waals surface area contributed by atoms with E-state index in [0.717, 1.165) is 43.4 Å².